The van der Waals surface area contributed by atoms with E-state index in [1.54, 1.807) is 12.4 Å². The highest BCUT2D eigenvalue weighted by Crippen LogP contribution is 2.22. The normalized spacial score (nSPS) is 15.0. The third kappa shape index (κ3) is 3.62. The molecular weight excluding hydrogens is 288 g/mol. The molecule has 0 spiro atoms. The Morgan fingerprint density at radius 3 is 2.62 bits per heavy atom. The van der Waals surface area contributed by atoms with Gasteiger partial charge in [-0.05, 0) is 11.6 Å². The molecule has 0 unspecified atom stereocenters. The molecular formula is C15H17ClN4O. The molecule has 1 fully saturated rings. The van der Waals surface area contributed by atoms with Gasteiger partial charge in [0.15, 0.2) is 0 Å². The predicted octanol–water partition coefficient (Wildman–Crippen LogP) is 2.58. The zero-order valence-electron chi connectivity index (χ0n) is 11.6. The summed E-state index contributed by atoms with van der Waals surface area (Å²) in [5.41, 5.74) is 2.46. The first kappa shape index (κ1) is 14.1. The molecule has 21 heavy (non-hydrogen) atoms. The van der Waals surface area contributed by atoms with Gasteiger partial charge in [0, 0.05) is 25.3 Å². The molecule has 0 saturated carbocycles. The molecule has 0 radical (unpaired) electrons. The fourth-order valence-corrected chi connectivity index (χ4v) is 2.45. The number of ether oxygens (including phenoxy) is 1. The molecule has 0 atom stereocenters. The Bertz CT molecular complexity index is 584. The zero-order valence-corrected chi connectivity index (χ0v) is 12.4. The minimum absolute atomic E-state index is 0.536. The summed E-state index contributed by atoms with van der Waals surface area (Å²) >= 11 is 5.78. The molecule has 1 aliphatic heterocycles. The van der Waals surface area contributed by atoms with Crippen LogP contribution in [0.5, 0.6) is 0 Å². The van der Waals surface area contributed by atoms with Crippen LogP contribution in [0, 0.1) is 0 Å². The number of nitrogens with one attached hydrogen (secondary N) is 1. The second-order valence-electron chi connectivity index (χ2n) is 4.81. The monoisotopic (exact) mass is 304 g/mol. The molecule has 6 heteroatoms. The Labute approximate surface area is 128 Å². The molecule has 1 saturated heterocycles. The number of nitrogens with zero attached hydrogens (tertiary/aromatic N) is 3. The van der Waals surface area contributed by atoms with E-state index in [0.29, 0.717) is 17.5 Å². The van der Waals surface area contributed by atoms with Gasteiger partial charge < -0.3 is 15.0 Å². The van der Waals surface area contributed by atoms with Gasteiger partial charge in [-0.2, -0.15) is 0 Å². The Hall–Kier alpha value is -1.85. The number of anilines is 2. The van der Waals surface area contributed by atoms with Gasteiger partial charge in [0.1, 0.15) is 0 Å². The quantitative estimate of drug-likeness (QED) is 0.941. The highest BCUT2D eigenvalue weighted by molar-refractivity contribution is 6.30. The summed E-state index contributed by atoms with van der Waals surface area (Å²) in [6.45, 7) is 4.09. The van der Waals surface area contributed by atoms with Crippen LogP contribution in [-0.2, 0) is 11.3 Å². The van der Waals surface area contributed by atoms with E-state index in [1.165, 1.54) is 11.3 Å². The Balaban J connectivity index is 1.71. The molecule has 0 amide bonds. The van der Waals surface area contributed by atoms with E-state index in [0.717, 1.165) is 26.3 Å². The molecule has 0 bridgehead atoms. The van der Waals surface area contributed by atoms with Crippen molar-refractivity contribution >= 4 is 23.2 Å². The van der Waals surface area contributed by atoms with E-state index in [1.807, 2.05) is 6.07 Å². The van der Waals surface area contributed by atoms with Crippen molar-refractivity contribution in [1.82, 2.24) is 9.97 Å². The van der Waals surface area contributed by atoms with Crippen LogP contribution >= 0.6 is 11.6 Å². The van der Waals surface area contributed by atoms with Gasteiger partial charge in [-0.3, -0.25) is 0 Å². The molecule has 1 aromatic carbocycles. The van der Waals surface area contributed by atoms with Crippen molar-refractivity contribution < 1.29 is 4.74 Å². The van der Waals surface area contributed by atoms with E-state index in [4.69, 9.17) is 16.3 Å². The van der Waals surface area contributed by atoms with Gasteiger partial charge in [-0.15, -0.1) is 0 Å². The molecule has 0 aliphatic carbocycles. The maximum absolute atomic E-state index is 5.78. The maximum Gasteiger partial charge on any atom is 0.222 e. The summed E-state index contributed by atoms with van der Waals surface area (Å²) in [6, 6.07) is 8.37. The number of aromatic nitrogens is 2. The average molecular weight is 305 g/mol. The first-order valence-corrected chi connectivity index (χ1v) is 7.33. The zero-order chi connectivity index (χ0) is 14.5. The molecule has 110 valence electrons. The third-order valence-corrected chi connectivity index (χ3v) is 3.60. The third-order valence-electron chi connectivity index (χ3n) is 3.40. The lowest BCUT2D eigenvalue weighted by molar-refractivity contribution is 0.122. The Morgan fingerprint density at radius 1 is 1.14 bits per heavy atom. The number of halogens is 1. The number of hydrogen-bond donors (Lipinski definition) is 1. The summed E-state index contributed by atoms with van der Waals surface area (Å²) in [5.74, 6) is 0.580. The summed E-state index contributed by atoms with van der Waals surface area (Å²) in [7, 11) is 0. The number of morpholine rings is 1. The molecule has 1 aliphatic rings. The van der Waals surface area contributed by atoms with Crippen molar-refractivity contribution in [2.24, 2.45) is 0 Å². The second-order valence-corrected chi connectivity index (χ2v) is 5.24. The van der Waals surface area contributed by atoms with Crippen molar-refractivity contribution in [3.8, 4) is 0 Å². The van der Waals surface area contributed by atoms with Crippen LogP contribution in [0.2, 0.25) is 5.02 Å². The van der Waals surface area contributed by atoms with Crippen molar-refractivity contribution in [3.63, 3.8) is 0 Å². The van der Waals surface area contributed by atoms with Gasteiger partial charge >= 0.3 is 0 Å². The average Bonchev–Trinajstić information content (AvgIpc) is 2.55. The smallest absolute Gasteiger partial charge is 0.222 e. The molecule has 1 N–H and O–H groups in total. The number of rotatable bonds is 4. The molecule has 2 aromatic rings. The first-order chi connectivity index (χ1) is 10.3. The van der Waals surface area contributed by atoms with E-state index < -0.39 is 0 Å². The van der Waals surface area contributed by atoms with Crippen LogP contribution in [0.3, 0.4) is 0 Å². The summed E-state index contributed by atoms with van der Waals surface area (Å²) in [5, 5.41) is 3.77. The minimum Gasteiger partial charge on any atom is -0.378 e. The van der Waals surface area contributed by atoms with Gasteiger partial charge in [0.05, 0.1) is 30.6 Å². The van der Waals surface area contributed by atoms with E-state index >= 15 is 0 Å². The lowest BCUT2D eigenvalue weighted by atomic mass is 10.1. The van der Waals surface area contributed by atoms with Gasteiger partial charge in [-0.25, -0.2) is 9.97 Å². The van der Waals surface area contributed by atoms with Gasteiger partial charge in [-0.1, -0.05) is 29.8 Å². The van der Waals surface area contributed by atoms with Crippen LogP contribution in [0.15, 0.2) is 36.7 Å². The topological polar surface area (TPSA) is 50.3 Å². The van der Waals surface area contributed by atoms with Crippen LogP contribution in [0.1, 0.15) is 5.56 Å². The Morgan fingerprint density at radius 2 is 1.86 bits per heavy atom. The molecule has 1 aromatic heterocycles. The van der Waals surface area contributed by atoms with Crippen molar-refractivity contribution in [2.45, 2.75) is 6.54 Å². The van der Waals surface area contributed by atoms with Crippen LogP contribution in [-0.4, -0.2) is 36.3 Å². The maximum atomic E-state index is 5.78. The van der Waals surface area contributed by atoms with Crippen LogP contribution < -0.4 is 10.2 Å². The minimum atomic E-state index is 0.536. The van der Waals surface area contributed by atoms with Crippen molar-refractivity contribution in [3.05, 3.63) is 47.2 Å². The standard InChI is InChI=1S/C15H17ClN4O/c16-13-10-18-15(19-11-13)17-9-12-3-1-2-4-14(12)20-5-7-21-8-6-20/h1-4,10-11H,5-9H2,(H,17,18,19). The summed E-state index contributed by atoms with van der Waals surface area (Å²) in [6.07, 6.45) is 3.18. The molecule has 3 rings (SSSR count). The molecule has 5 nitrogen and oxygen atoms in total. The number of hydrogen-bond acceptors (Lipinski definition) is 5. The summed E-state index contributed by atoms with van der Waals surface area (Å²) in [4.78, 5) is 10.6. The number of benzene rings is 1. The highest BCUT2D eigenvalue weighted by atomic mass is 35.5. The first-order valence-electron chi connectivity index (χ1n) is 6.95. The molecule has 2 heterocycles. The van der Waals surface area contributed by atoms with E-state index in [2.05, 4.69) is 38.4 Å². The van der Waals surface area contributed by atoms with Gasteiger partial charge in [0.2, 0.25) is 5.95 Å². The largest absolute Gasteiger partial charge is 0.378 e. The summed E-state index contributed by atoms with van der Waals surface area (Å²) < 4.78 is 5.41. The lowest BCUT2D eigenvalue weighted by Crippen LogP contribution is -2.36. The highest BCUT2D eigenvalue weighted by Gasteiger charge is 2.14. The van der Waals surface area contributed by atoms with Crippen LogP contribution in [0.4, 0.5) is 11.6 Å². The number of para-hydroxylation sites is 1. The Kier molecular flexibility index (Phi) is 4.52. The fraction of sp³-hybridized carbons (Fsp3) is 0.333. The van der Waals surface area contributed by atoms with Crippen LogP contribution in [0.25, 0.3) is 0 Å². The van der Waals surface area contributed by atoms with Gasteiger partial charge in [0.25, 0.3) is 0 Å². The lowest BCUT2D eigenvalue weighted by Gasteiger charge is -2.30. The van der Waals surface area contributed by atoms with E-state index in [9.17, 15) is 0 Å². The SMILES string of the molecule is Clc1cnc(NCc2ccccc2N2CCOCC2)nc1. The second kappa shape index (κ2) is 6.74. The van der Waals surface area contributed by atoms with Crippen molar-refractivity contribution in [2.75, 3.05) is 36.5 Å². The van der Waals surface area contributed by atoms with Crippen molar-refractivity contribution in [1.29, 1.82) is 0 Å². The predicted molar refractivity (Wildman–Crippen MR) is 83.8 cm³/mol. The fourth-order valence-electron chi connectivity index (χ4n) is 2.35. The van der Waals surface area contributed by atoms with E-state index in [-0.39, 0.29) is 0 Å².